The largest absolute Gasteiger partial charge is 0.450 e. The van der Waals surface area contributed by atoms with Gasteiger partial charge in [-0.2, -0.15) is 11.8 Å². The van der Waals surface area contributed by atoms with Gasteiger partial charge >= 0.3 is 5.97 Å². The van der Waals surface area contributed by atoms with Gasteiger partial charge in [-0.15, -0.1) is 0 Å². The van der Waals surface area contributed by atoms with Gasteiger partial charge in [-0.3, -0.25) is 4.90 Å². The van der Waals surface area contributed by atoms with E-state index in [1.54, 1.807) is 0 Å². The molecule has 1 saturated carbocycles. The van der Waals surface area contributed by atoms with Crippen molar-refractivity contribution in [1.29, 1.82) is 0 Å². The molecule has 3 fully saturated rings. The number of esters is 1. The Kier molecular flexibility index (Phi) is 4.23. The molecule has 2 bridgehead atoms. The second-order valence-electron chi connectivity index (χ2n) is 7.72. The molecule has 2 saturated heterocycles. The molecule has 4 unspecified atom stereocenters. The molecule has 4 aliphatic rings. The van der Waals surface area contributed by atoms with E-state index in [1.165, 1.54) is 31.4 Å². The summed E-state index contributed by atoms with van der Waals surface area (Å²) in [5, 5.41) is 4.12. The summed E-state index contributed by atoms with van der Waals surface area (Å²) in [7, 11) is 0. The van der Waals surface area contributed by atoms with Gasteiger partial charge in [0.05, 0.1) is 6.04 Å². The standard InChI is InChI=1S/C18H28N2O2S/c1-12(2)19-6-8-23-15-9-13-10-17(21)22-18(13)11-14(15)20-7-4-3-5-16(18)20/h10,12,14-16,19H,3-9,11H2,1-2H3. The topological polar surface area (TPSA) is 41.6 Å². The Morgan fingerprint density at radius 2 is 2.35 bits per heavy atom. The minimum Gasteiger partial charge on any atom is -0.450 e. The van der Waals surface area contributed by atoms with Crippen LogP contribution < -0.4 is 5.32 Å². The number of carbonyl (C=O) groups is 1. The number of piperidine rings is 1. The van der Waals surface area contributed by atoms with Crippen LogP contribution in [0.25, 0.3) is 0 Å². The number of fused-ring (bicyclic) bond motifs is 3. The van der Waals surface area contributed by atoms with Gasteiger partial charge in [-0.1, -0.05) is 20.3 Å². The quantitative estimate of drug-likeness (QED) is 0.616. The Balaban J connectivity index is 1.50. The number of thioether (sulfide) groups is 1. The Morgan fingerprint density at radius 3 is 3.17 bits per heavy atom. The summed E-state index contributed by atoms with van der Waals surface area (Å²) < 4.78 is 5.92. The highest BCUT2D eigenvalue weighted by molar-refractivity contribution is 8.00. The summed E-state index contributed by atoms with van der Waals surface area (Å²) in [6.45, 7) is 6.64. The third-order valence-electron chi connectivity index (χ3n) is 5.98. The Morgan fingerprint density at radius 1 is 1.48 bits per heavy atom. The van der Waals surface area contributed by atoms with Crippen LogP contribution in [0.2, 0.25) is 0 Å². The van der Waals surface area contributed by atoms with Crippen LogP contribution in [0.3, 0.4) is 0 Å². The lowest BCUT2D eigenvalue weighted by molar-refractivity contribution is -0.148. The van der Waals surface area contributed by atoms with Crippen molar-refractivity contribution in [3.8, 4) is 0 Å². The molecule has 3 aliphatic heterocycles. The second-order valence-corrected chi connectivity index (χ2v) is 9.07. The smallest absolute Gasteiger partial charge is 0.331 e. The molecule has 23 heavy (non-hydrogen) atoms. The van der Waals surface area contributed by atoms with Crippen molar-refractivity contribution in [2.75, 3.05) is 18.8 Å². The van der Waals surface area contributed by atoms with Gasteiger partial charge in [0.2, 0.25) is 0 Å². The highest BCUT2D eigenvalue weighted by Gasteiger charge is 2.63. The summed E-state index contributed by atoms with van der Waals surface area (Å²) in [6, 6.07) is 1.59. The van der Waals surface area contributed by atoms with Crippen molar-refractivity contribution in [2.24, 2.45) is 0 Å². The van der Waals surface area contributed by atoms with Crippen LogP contribution in [0, 0.1) is 0 Å². The molecule has 128 valence electrons. The molecule has 5 heteroatoms. The summed E-state index contributed by atoms with van der Waals surface area (Å²) >= 11 is 2.09. The first-order chi connectivity index (χ1) is 11.1. The fourth-order valence-electron chi connectivity index (χ4n) is 5.07. The average molecular weight is 337 g/mol. The number of ether oxygens (including phenoxy) is 1. The summed E-state index contributed by atoms with van der Waals surface area (Å²) in [6.07, 6.45) is 7.64. The number of hydrogen-bond acceptors (Lipinski definition) is 5. The molecule has 4 nitrogen and oxygen atoms in total. The molecule has 3 heterocycles. The van der Waals surface area contributed by atoms with Crippen molar-refractivity contribution in [3.63, 3.8) is 0 Å². The Bertz CT molecular complexity index is 521. The van der Waals surface area contributed by atoms with E-state index in [0.717, 1.165) is 25.1 Å². The number of carbonyl (C=O) groups excluding carboxylic acids is 1. The minimum atomic E-state index is -0.255. The highest BCUT2D eigenvalue weighted by atomic mass is 32.2. The fourth-order valence-corrected chi connectivity index (χ4v) is 6.38. The number of nitrogens with zero attached hydrogens (tertiary/aromatic N) is 1. The summed E-state index contributed by atoms with van der Waals surface area (Å²) in [4.78, 5) is 14.7. The molecule has 0 aromatic carbocycles. The first-order valence-corrected chi connectivity index (χ1v) is 10.2. The third-order valence-corrected chi connectivity index (χ3v) is 7.32. The maximum absolute atomic E-state index is 12.0. The SMILES string of the molecule is CC(C)NCCSC1CC2=CC(=O)OC23CC1N1CCCCC13. The third kappa shape index (κ3) is 2.65. The van der Waals surface area contributed by atoms with E-state index in [4.69, 9.17) is 4.74 Å². The molecule has 0 amide bonds. The molecule has 1 spiro atoms. The van der Waals surface area contributed by atoms with E-state index in [9.17, 15) is 4.79 Å². The molecule has 4 rings (SSSR count). The predicted molar refractivity (Wildman–Crippen MR) is 93.7 cm³/mol. The lowest BCUT2D eigenvalue weighted by atomic mass is 9.77. The number of nitrogens with one attached hydrogen (secondary N) is 1. The van der Waals surface area contributed by atoms with E-state index >= 15 is 0 Å². The Hall–Kier alpha value is -0.520. The molecular formula is C18H28N2O2S. The van der Waals surface area contributed by atoms with Gasteiger partial charge in [0.25, 0.3) is 0 Å². The lowest BCUT2D eigenvalue weighted by Gasteiger charge is -2.38. The number of hydrogen-bond donors (Lipinski definition) is 1. The van der Waals surface area contributed by atoms with Gasteiger partial charge in [0, 0.05) is 42.1 Å². The van der Waals surface area contributed by atoms with E-state index < -0.39 is 0 Å². The van der Waals surface area contributed by atoms with Crippen LogP contribution in [-0.4, -0.2) is 58.7 Å². The molecular weight excluding hydrogens is 308 g/mol. The lowest BCUT2D eigenvalue weighted by Crippen LogP contribution is -2.48. The monoisotopic (exact) mass is 336 g/mol. The zero-order valence-corrected chi connectivity index (χ0v) is 15.0. The molecule has 4 atom stereocenters. The van der Waals surface area contributed by atoms with Crippen molar-refractivity contribution < 1.29 is 9.53 Å². The van der Waals surface area contributed by atoms with E-state index in [2.05, 4.69) is 35.8 Å². The van der Waals surface area contributed by atoms with Crippen LogP contribution in [0.1, 0.15) is 46.0 Å². The van der Waals surface area contributed by atoms with Crippen LogP contribution in [0.5, 0.6) is 0 Å². The maximum atomic E-state index is 12.0. The predicted octanol–water partition coefficient (Wildman–Crippen LogP) is 2.34. The molecule has 0 aromatic heterocycles. The van der Waals surface area contributed by atoms with E-state index in [1.807, 2.05) is 6.08 Å². The second kappa shape index (κ2) is 6.08. The van der Waals surface area contributed by atoms with Gasteiger partial charge in [-0.05, 0) is 31.4 Å². The van der Waals surface area contributed by atoms with Gasteiger partial charge in [0.1, 0.15) is 0 Å². The summed E-state index contributed by atoms with van der Waals surface area (Å²) in [5.41, 5.74) is 1.04. The number of rotatable bonds is 5. The van der Waals surface area contributed by atoms with Crippen molar-refractivity contribution >= 4 is 17.7 Å². The normalized spacial score (nSPS) is 39.2. The average Bonchev–Trinajstić information content (AvgIpc) is 3.00. The van der Waals surface area contributed by atoms with Crippen molar-refractivity contribution in [3.05, 3.63) is 11.6 Å². The van der Waals surface area contributed by atoms with Gasteiger partial charge in [0.15, 0.2) is 5.60 Å². The van der Waals surface area contributed by atoms with Crippen molar-refractivity contribution in [1.82, 2.24) is 10.2 Å². The fraction of sp³-hybridized carbons (Fsp3) is 0.833. The Labute approximate surface area is 143 Å². The van der Waals surface area contributed by atoms with Crippen molar-refractivity contribution in [2.45, 2.75) is 74.9 Å². The van der Waals surface area contributed by atoms with Crippen LogP contribution in [0.15, 0.2) is 11.6 Å². The van der Waals surface area contributed by atoms with Crippen LogP contribution in [-0.2, 0) is 9.53 Å². The molecule has 1 aliphatic carbocycles. The maximum Gasteiger partial charge on any atom is 0.331 e. The summed E-state index contributed by atoms with van der Waals surface area (Å²) in [5.74, 6) is 1.05. The van der Waals surface area contributed by atoms with Crippen LogP contribution >= 0.6 is 11.8 Å². The molecule has 1 N–H and O–H groups in total. The van der Waals surface area contributed by atoms with Crippen LogP contribution in [0.4, 0.5) is 0 Å². The molecule has 0 radical (unpaired) electrons. The first kappa shape index (κ1) is 16.0. The zero-order valence-electron chi connectivity index (χ0n) is 14.2. The van der Waals surface area contributed by atoms with E-state index in [-0.39, 0.29) is 11.6 Å². The minimum absolute atomic E-state index is 0.0988. The first-order valence-electron chi connectivity index (χ1n) is 9.15. The molecule has 0 aromatic rings. The van der Waals surface area contributed by atoms with Gasteiger partial charge < -0.3 is 10.1 Å². The highest BCUT2D eigenvalue weighted by Crippen LogP contribution is 2.55. The van der Waals surface area contributed by atoms with Gasteiger partial charge in [-0.25, -0.2) is 4.79 Å². The van der Waals surface area contributed by atoms with E-state index in [0.29, 0.717) is 23.4 Å². The zero-order chi connectivity index (χ0) is 16.0.